The third kappa shape index (κ3) is 1.44. The summed E-state index contributed by atoms with van der Waals surface area (Å²) in [5, 5.41) is 8.72. The highest BCUT2D eigenvalue weighted by molar-refractivity contribution is 7.98. The predicted octanol–water partition coefficient (Wildman–Crippen LogP) is 2.73. The second-order valence-corrected chi connectivity index (χ2v) is 3.20. The van der Waals surface area contributed by atoms with E-state index in [-0.39, 0.29) is 5.82 Å². The van der Waals surface area contributed by atoms with E-state index in [9.17, 15) is 4.39 Å². The van der Waals surface area contributed by atoms with Crippen molar-refractivity contribution in [2.45, 2.75) is 11.8 Å². The van der Waals surface area contributed by atoms with Gasteiger partial charge in [0.2, 0.25) is 0 Å². The number of thioether (sulfide) groups is 1. The van der Waals surface area contributed by atoms with Gasteiger partial charge < -0.3 is 0 Å². The van der Waals surface area contributed by atoms with Gasteiger partial charge in [-0.25, -0.2) is 4.39 Å². The minimum absolute atomic E-state index is 0.315. The van der Waals surface area contributed by atoms with E-state index in [2.05, 4.69) is 0 Å². The van der Waals surface area contributed by atoms with Gasteiger partial charge in [0.1, 0.15) is 11.9 Å². The first kappa shape index (κ1) is 9.08. The van der Waals surface area contributed by atoms with Gasteiger partial charge in [0.05, 0.1) is 10.5 Å². The summed E-state index contributed by atoms with van der Waals surface area (Å²) in [7, 11) is 0. The highest BCUT2D eigenvalue weighted by atomic mass is 32.2. The van der Waals surface area contributed by atoms with E-state index in [0.29, 0.717) is 10.5 Å². The zero-order valence-corrected chi connectivity index (χ0v) is 7.70. The van der Waals surface area contributed by atoms with Gasteiger partial charge in [0.25, 0.3) is 0 Å². The number of hydrogen-bond acceptors (Lipinski definition) is 2. The molecule has 12 heavy (non-hydrogen) atoms. The van der Waals surface area contributed by atoms with Crippen molar-refractivity contribution in [3.8, 4) is 6.07 Å². The van der Waals surface area contributed by atoms with Gasteiger partial charge in [-0.1, -0.05) is 6.07 Å². The average Bonchev–Trinajstić information content (AvgIpc) is 2.08. The second-order valence-electron chi connectivity index (χ2n) is 2.38. The van der Waals surface area contributed by atoms with Gasteiger partial charge in [-0.3, -0.25) is 0 Å². The van der Waals surface area contributed by atoms with Crippen LogP contribution in [0, 0.1) is 24.1 Å². The quantitative estimate of drug-likeness (QED) is 0.622. The number of rotatable bonds is 1. The van der Waals surface area contributed by atoms with Crippen LogP contribution < -0.4 is 0 Å². The average molecular weight is 181 g/mol. The second kappa shape index (κ2) is 3.59. The molecule has 1 aromatic rings. The highest BCUT2D eigenvalue weighted by Gasteiger charge is 2.09. The summed E-state index contributed by atoms with van der Waals surface area (Å²) in [6.45, 7) is 1.80. The molecule has 0 fully saturated rings. The van der Waals surface area contributed by atoms with Crippen molar-refractivity contribution in [3.63, 3.8) is 0 Å². The topological polar surface area (TPSA) is 23.8 Å². The van der Waals surface area contributed by atoms with Crippen molar-refractivity contribution in [3.05, 3.63) is 29.1 Å². The summed E-state index contributed by atoms with van der Waals surface area (Å²) in [6.07, 6.45) is 1.76. The minimum Gasteiger partial charge on any atom is -0.206 e. The lowest BCUT2D eigenvalue weighted by atomic mass is 10.1. The van der Waals surface area contributed by atoms with E-state index >= 15 is 0 Å². The number of benzene rings is 1. The van der Waals surface area contributed by atoms with Crippen LogP contribution in [0.3, 0.4) is 0 Å². The summed E-state index contributed by atoms with van der Waals surface area (Å²) < 4.78 is 13.0. The molecule has 0 amide bonds. The fourth-order valence-corrected chi connectivity index (χ4v) is 1.67. The van der Waals surface area contributed by atoms with E-state index in [1.54, 1.807) is 19.2 Å². The van der Waals surface area contributed by atoms with Crippen LogP contribution in [0.25, 0.3) is 0 Å². The highest BCUT2D eigenvalue weighted by Crippen LogP contribution is 2.25. The number of nitriles is 1. The van der Waals surface area contributed by atoms with Crippen molar-refractivity contribution in [1.82, 2.24) is 0 Å². The van der Waals surface area contributed by atoms with Gasteiger partial charge >= 0.3 is 0 Å². The van der Waals surface area contributed by atoms with Gasteiger partial charge in [0.15, 0.2) is 0 Å². The maximum Gasteiger partial charge on any atom is 0.138 e. The molecule has 0 atom stereocenters. The van der Waals surface area contributed by atoms with Crippen LogP contribution in [0.4, 0.5) is 4.39 Å². The van der Waals surface area contributed by atoms with E-state index in [1.165, 1.54) is 17.8 Å². The zero-order chi connectivity index (χ0) is 9.14. The molecular weight excluding hydrogens is 173 g/mol. The number of aryl methyl sites for hydroxylation is 1. The number of hydrogen-bond donors (Lipinski definition) is 0. The van der Waals surface area contributed by atoms with Crippen molar-refractivity contribution < 1.29 is 4.39 Å². The van der Waals surface area contributed by atoms with E-state index in [0.717, 1.165) is 5.56 Å². The van der Waals surface area contributed by atoms with Gasteiger partial charge in [-0.15, -0.1) is 11.8 Å². The van der Waals surface area contributed by atoms with Crippen LogP contribution >= 0.6 is 11.8 Å². The molecular formula is C9H8FNS. The first-order valence-corrected chi connectivity index (χ1v) is 4.66. The molecule has 1 nitrogen and oxygen atoms in total. The molecule has 0 aliphatic heterocycles. The third-order valence-corrected chi connectivity index (χ3v) is 2.44. The standard InChI is InChI=1S/C9H8FNS/c1-6-3-4-8(10)9(12-2)7(6)5-11/h3-4H,1-2H3. The van der Waals surface area contributed by atoms with Gasteiger partial charge in [0, 0.05) is 0 Å². The smallest absolute Gasteiger partial charge is 0.138 e. The molecule has 1 rings (SSSR count). The Hall–Kier alpha value is -1.01. The molecule has 0 radical (unpaired) electrons. The summed E-state index contributed by atoms with van der Waals surface area (Å²) in [6, 6.07) is 5.00. The van der Waals surface area contributed by atoms with Gasteiger partial charge in [-0.2, -0.15) is 5.26 Å². The van der Waals surface area contributed by atoms with Crippen molar-refractivity contribution in [2.24, 2.45) is 0 Å². The number of halogens is 1. The molecule has 0 aliphatic carbocycles. The Morgan fingerprint density at radius 3 is 2.58 bits per heavy atom. The van der Waals surface area contributed by atoms with Crippen molar-refractivity contribution in [2.75, 3.05) is 6.26 Å². The van der Waals surface area contributed by atoms with Crippen LogP contribution in [0.5, 0.6) is 0 Å². The molecule has 0 spiro atoms. The Kier molecular flexibility index (Phi) is 2.72. The molecule has 0 unspecified atom stereocenters. The molecule has 62 valence electrons. The Bertz CT molecular complexity index is 341. The predicted molar refractivity (Wildman–Crippen MR) is 47.6 cm³/mol. The molecule has 0 aliphatic rings. The SMILES string of the molecule is CSc1c(F)ccc(C)c1C#N. The monoisotopic (exact) mass is 181 g/mol. The van der Waals surface area contributed by atoms with E-state index in [4.69, 9.17) is 5.26 Å². The zero-order valence-electron chi connectivity index (χ0n) is 6.89. The maximum absolute atomic E-state index is 13.0. The third-order valence-electron chi connectivity index (χ3n) is 1.63. The molecule has 0 N–H and O–H groups in total. The first-order chi connectivity index (χ1) is 5.70. The molecule has 0 bridgehead atoms. The van der Waals surface area contributed by atoms with Crippen molar-refractivity contribution in [1.29, 1.82) is 5.26 Å². The van der Waals surface area contributed by atoms with Gasteiger partial charge in [-0.05, 0) is 24.8 Å². The Morgan fingerprint density at radius 2 is 2.17 bits per heavy atom. The fourth-order valence-electron chi connectivity index (χ4n) is 0.994. The fraction of sp³-hybridized carbons (Fsp3) is 0.222. The molecule has 0 saturated heterocycles. The first-order valence-electron chi connectivity index (χ1n) is 3.44. The lowest BCUT2D eigenvalue weighted by molar-refractivity contribution is 0.600. The minimum atomic E-state index is -0.315. The molecule has 1 aromatic carbocycles. The largest absolute Gasteiger partial charge is 0.206 e. The van der Waals surface area contributed by atoms with Crippen molar-refractivity contribution >= 4 is 11.8 Å². The van der Waals surface area contributed by atoms with Crippen LogP contribution in [-0.2, 0) is 0 Å². The summed E-state index contributed by atoms with van der Waals surface area (Å²) >= 11 is 1.26. The number of nitrogens with zero attached hydrogens (tertiary/aromatic N) is 1. The summed E-state index contributed by atoms with van der Waals surface area (Å²) in [5.41, 5.74) is 1.27. The van der Waals surface area contributed by atoms with Crippen LogP contribution in [0.1, 0.15) is 11.1 Å². The Labute approximate surface area is 75.2 Å². The lowest BCUT2D eigenvalue weighted by Crippen LogP contribution is -1.90. The molecule has 0 heterocycles. The Morgan fingerprint density at radius 1 is 1.50 bits per heavy atom. The molecule has 0 aromatic heterocycles. The Balaban J connectivity index is 3.41. The van der Waals surface area contributed by atoms with Crippen LogP contribution in [0.2, 0.25) is 0 Å². The van der Waals surface area contributed by atoms with Crippen LogP contribution in [-0.4, -0.2) is 6.26 Å². The normalized spacial score (nSPS) is 9.50. The van der Waals surface area contributed by atoms with E-state index in [1.807, 2.05) is 6.07 Å². The molecule has 0 saturated carbocycles. The van der Waals surface area contributed by atoms with E-state index < -0.39 is 0 Å². The lowest BCUT2D eigenvalue weighted by Gasteiger charge is -2.03. The summed E-state index contributed by atoms with van der Waals surface area (Å²) in [5.74, 6) is -0.315. The summed E-state index contributed by atoms with van der Waals surface area (Å²) in [4.78, 5) is 0.442. The van der Waals surface area contributed by atoms with Crippen LogP contribution in [0.15, 0.2) is 17.0 Å². The molecule has 3 heteroatoms. The maximum atomic E-state index is 13.0.